The Morgan fingerprint density at radius 3 is 2.67 bits per heavy atom. The van der Waals surface area contributed by atoms with Crippen LogP contribution >= 0.6 is 0 Å². The fraction of sp³-hybridized carbons (Fsp3) is 0.643. The molecule has 0 radical (unpaired) electrons. The highest BCUT2D eigenvalue weighted by Gasteiger charge is 2.18. The normalized spacial score (nSPS) is 17.1. The first-order valence-corrected chi connectivity index (χ1v) is 6.45. The number of rotatable bonds is 4. The van der Waals surface area contributed by atoms with E-state index < -0.39 is 0 Å². The molecule has 1 aromatic heterocycles. The topological polar surface area (TPSA) is 40.5 Å². The fourth-order valence-electron chi connectivity index (χ4n) is 2.25. The molecule has 1 aliphatic heterocycles. The summed E-state index contributed by atoms with van der Waals surface area (Å²) < 4.78 is 13.0. The fourth-order valence-corrected chi connectivity index (χ4v) is 2.25. The van der Waals surface area contributed by atoms with E-state index in [4.69, 9.17) is 9.47 Å². The van der Waals surface area contributed by atoms with Crippen LogP contribution in [0.1, 0.15) is 34.6 Å². The molecule has 0 spiro atoms. The highest BCUT2D eigenvalue weighted by atomic mass is 16.5. The lowest BCUT2D eigenvalue weighted by Crippen LogP contribution is -2.26. The number of ether oxygens (including phenoxy) is 2. The second kappa shape index (κ2) is 5.67. The summed E-state index contributed by atoms with van der Waals surface area (Å²) in [5.41, 5.74) is 2.89. The van der Waals surface area contributed by atoms with Gasteiger partial charge in [-0.05, 0) is 32.8 Å². The molecule has 0 saturated carbocycles. The third-order valence-electron chi connectivity index (χ3n) is 3.69. The second-order valence-electron chi connectivity index (χ2n) is 4.89. The van der Waals surface area contributed by atoms with E-state index >= 15 is 0 Å². The van der Waals surface area contributed by atoms with Crippen molar-refractivity contribution >= 4 is 5.78 Å². The number of hydrogen-bond donors (Lipinski definition) is 0. The zero-order valence-corrected chi connectivity index (χ0v) is 11.4. The van der Waals surface area contributed by atoms with Crippen molar-refractivity contribution in [2.75, 3.05) is 19.8 Å². The van der Waals surface area contributed by atoms with Crippen molar-refractivity contribution in [1.29, 1.82) is 0 Å². The molecule has 4 heteroatoms. The van der Waals surface area contributed by atoms with Gasteiger partial charge in [0.25, 0.3) is 0 Å². The SMILES string of the molecule is Cc1cc(C(=O)COC2CCOCC2)c(C)n1C. The van der Waals surface area contributed by atoms with E-state index in [1.165, 1.54) is 0 Å². The molecule has 1 fully saturated rings. The number of ketones is 1. The van der Waals surface area contributed by atoms with Gasteiger partial charge in [0, 0.05) is 37.2 Å². The summed E-state index contributed by atoms with van der Waals surface area (Å²) in [6.07, 6.45) is 1.95. The number of hydrogen-bond acceptors (Lipinski definition) is 3. The third kappa shape index (κ3) is 2.82. The maximum Gasteiger partial charge on any atom is 0.190 e. The van der Waals surface area contributed by atoms with Crippen LogP contribution in [0.5, 0.6) is 0 Å². The van der Waals surface area contributed by atoms with E-state index in [0.29, 0.717) is 0 Å². The quantitative estimate of drug-likeness (QED) is 0.769. The van der Waals surface area contributed by atoms with E-state index in [1.54, 1.807) is 0 Å². The van der Waals surface area contributed by atoms with Gasteiger partial charge < -0.3 is 14.0 Å². The van der Waals surface area contributed by atoms with E-state index in [0.717, 1.165) is 43.0 Å². The highest BCUT2D eigenvalue weighted by Crippen LogP contribution is 2.16. The van der Waals surface area contributed by atoms with Crippen molar-refractivity contribution in [2.45, 2.75) is 32.8 Å². The average Bonchev–Trinajstić information content (AvgIpc) is 2.65. The van der Waals surface area contributed by atoms with Gasteiger partial charge in [0.05, 0.1) is 6.10 Å². The number of carbonyl (C=O) groups is 1. The second-order valence-corrected chi connectivity index (χ2v) is 4.89. The number of Topliss-reactive ketones (excluding diaryl/α,β-unsaturated/α-hetero) is 1. The van der Waals surface area contributed by atoms with E-state index in [2.05, 4.69) is 0 Å². The van der Waals surface area contributed by atoms with Crippen LogP contribution in [-0.4, -0.2) is 36.3 Å². The Labute approximate surface area is 108 Å². The van der Waals surface area contributed by atoms with E-state index in [1.807, 2.05) is 31.5 Å². The number of aryl methyl sites for hydroxylation is 1. The van der Waals surface area contributed by atoms with E-state index in [9.17, 15) is 4.79 Å². The molecular formula is C14H21NO3. The van der Waals surface area contributed by atoms with Crippen molar-refractivity contribution in [2.24, 2.45) is 7.05 Å². The summed E-state index contributed by atoms with van der Waals surface area (Å²) in [6, 6.07) is 1.94. The first-order valence-electron chi connectivity index (χ1n) is 6.45. The van der Waals surface area contributed by atoms with Crippen molar-refractivity contribution in [3.05, 3.63) is 23.0 Å². The molecule has 1 aliphatic rings. The van der Waals surface area contributed by atoms with Gasteiger partial charge >= 0.3 is 0 Å². The maximum atomic E-state index is 12.1. The highest BCUT2D eigenvalue weighted by molar-refractivity contribution is 5.98. The maximum absolute atomic E-state index is 12.1. The predicted octanol–water partition coefficient (Wildman–Crippen LogP) is 2.02. The van der Waals surface area contributed by atoms with Gasteiger partial charge in [0.1, 0.15) is 6.61 Å². The minimum atomic E-state index is 0.0719. The van der Waals surface area contributed by atoms with Crippen LogP contribution in [0.3, 0.4) is 0 Å². The minimum absolute atomic E-state index is 0.0719. The van der Waals surface area contributed by atoms with Crippen LogP contribution in [0.15, 0.2) is 6.07 Å². The van der Waals surface area contributed by atoms with Crippen molar-refractivity contribution in [3.63, 3.8) is 0 Å². The van der Waals surface area contributed by atoms with Gasteiger partial charge in [0.2, 0.25) is 0 Å². The van der Waals surface area contributed by atoms with Crippen molar-refractivity contribution in [1.82, 2.24) is 4.57 Å². The van der Waals surface area contributed by atoms with Gasteiger partial charge in [-0.25, -0.2) is 0 Å². The lowest BCUT2D eigenvalue weighted by Gasteiger charge is -2.21. The van der Waals surface area contributed by atoms with E-state index in [-0.39, 0.29) is 18.5 Å². The molecule has 0 atom stereocenters. The summed E-state index contributed by atoms with van der Waals surface area (Å²) in [4.78, 5) is 12.1. The first kappa shape index (κ1) is 13.3. The third-order valence-corrected chi connectivity index (χ3v) is 3.69. The molecule has 2 heterocycles. The number of nitrogens with zero attached hydrogens (tertiary/aromatic N) is 1. The molecule has 0 bridgehead atoms. The van der Waals surface area contributed by atoms with Crippen LogP contribution in [0.4, 0.5) is 0 Å². The summed E-state index contributed by atoms with van der Waals surface area (Å²) in [5, 5.41) is 0. The smallest absolute Gasteiger partial charge is 0.190 e. The first-order chi connectivity index (χ1) is 8.59. The van der Waals surface area contributed by atoms with Crippen LogP contribution in [0, 0.1) is 13.8 Å². The monoisotopic (exact) mass is 251 g/mol. The Balaban J connectivity index is 1.93. The average molecular weight is 251 g/mol. The number of carbonyl (C=O) groups excluding carboxylic acids is 1. The minimum Gasteiger partial charge on any atom is -0.381 e. The molecule has 1 saturated heterocycles. The summed E-state index contributed by atoms with van der Waals surface area (Å²) in [7, 11) is 1.97. The Kier molecular flexibility index (Phi) is 4.19. The van der Waals surface area contributed by atoms with Gasteiger partial charge in [0.15, 0.2) is 5.78 Å². The zero-order valence-electron chi connectivity index (χ0n) is 11.4. The van der Waals surface area contributed by atoms with Crippen LogP contribution in [-0.2, 0) is 16.5 Å². The summed E-state index contributed by atoms with van der Waals surface area (Å²) >= 11 is 0. The molecule has 100 valence electrons. The van der Waals surface area contributed by atoms with Crippen LogP contribution in [0.25, 0.3) is 0 Å². The Hall–Kier alpha value is -1.13. The molecule has 0 amide bonds. The molecule has 18 heavy (non-hydrogen) atoms. The van der Waals surface area contributed by atoms with Gasteiger partial charge in [-0.15, -0.1) is 0 Å². The standard InChI is InChI=1S/C14H21NO3/c1-10-8-13(11(2)15(10)3)14(16)9-18-12-4-6-17-7-5-12/h8,12H,4-7,9H2,1-3H3. The molecule has 1 aromatic rings. The van der Waals surface area contributed by atoms with Gasteiger partial charge in [-0.1, -0.05) is 0 Å². The Morgan fingerprint density at radius 1 is 1.44 bits per heavy atom. The lowest BCUT2D eigenvalue weighted by molar-refractivity contribution is -0.0262. The van der Waals surface area contributed by atoms with Gasteiger partial charge in [-0.2, -0.15) is 0 Å². The largest absolute Gasteiger partial charge is 0.381 e. The lowest BCUT2D eigenvalue weighted by atomic mass is 10.1. The van der Waals surface area contributed by atoms with Crippen LogP contribution in [0.2, 0.25) is 0 Å². The molecular weight excluding hydrogens is 230 g/mol. The predicted molar refractivity (Wildman–Crippen MR) is 69.0 cm³/mol. The molecule has 0 unspecified atom stereocenters. The number of aromatic nitrogens is 1. The molecule has 2 rings (SSSR count). The molecule has 0 aliphatic carbocycles. The molecule has 0 N–H and O–H groups in total. The van der Waals surface area contributed by atoms with Crippen LogP contribution < -0.4 is 0 Å². The Morgan fingerprint density at radius 2 is 2.11 bits per heavy atom. The molecule has 4 nitrogen and oxygen atoms in total. The van der Waals surface area contributed by atoms with Crippen molar-refractivity contribution in [3.8, 4) is 0 Å². The van der Waals surface area contributed by atoms with Crippen molar-refractivity contribution < 1.29 is 14.3 Å². The summed E-state index contributed by atoms with van der Waals surface area (Å²) in [5.74, 6) is 0.0719. The molecule has 0 aromatic carbocycles. The summed E-state index contributed by atoms with van der Waals surface area (Å²) in [6.45, 7) is 5.62. The van der Waals surface area contributed by atoms with Gasteiger partial charge in [-0.3, -0.25) is 4.79 Å². The zero-order chi connectivity index (χ0) is 13.1. The Bertz CT molecular complexity index is 430.